The molecule has 0 aromatic carbocycles. The summed E-state index contributed by atoms with van der Waals surface area (Å²) in [6.45, 7) is 5.13. The third-order valence-corrected chi connectivity index (χ3v) is 6.97. The number of piperazine rings is 1. The Hall–Kier alpha value is -3.09. The summed E-state index contributed by atoms with van der Waals surface area (Å²) in [4.78, 5) is 27.1. The Morgan fingerprint density at radius 3 is 2.64 bits per heavy atom. The van der Waals surface area contributed by atoms with Crippen LogP contribution in [0.5, 0.6) is 0 Å². The number of hydrogen-bond acceptors (Lipinski definition) is 8. The van der Waals surface area contributed by atoms with Crippen LogP contribution in [-0.4, -0.2) is 71.4 Å². The van der Waals surface area contributed by atoms with E-state index in [-0.39, 0.29) is 24.1 Å². The largest absolute Gasteiger partial charge is 0.481 e. The number of carboxylic acid groups (broad SMARTS) is 2. The molecule has 0 amide bonds. The van der Waals surface area contributed by atoms with Crippen molar-refractivity contribution in [3.05, 3.63) is 44.9 Å². The number of aromatic nitrogens is 1. The molecule has 9 nitrogen and oxygen atoms in total. The van der Waals surface area contributed by atoms with E-state index in [2.05, 4.69) is 33.5 Å². The Bertz CT molecular complexity index is 1210. The van der Waals surface area contributed by atoms with Gasteiger partial charge < -0.3 is 30.5 Å². The number of halogens is 2. The van der Waals surface area contributed by atoms with Gasteiger partial charge in [0.15, 0.2) is 11.6 Å². The zero-order valence-corrected chi connectivity index (χ0v) is 21.0. The van der Waals surface area contributed by atoms with Crippen molar-refractivity contribution >= 4 is 40.2 Å². The standard InChI is InChI=1S/C20H24F2N4OS.C4H6O4/c1-3-13-8-14-19(26-6-5-23-12(11-26)4-7-27-2)18-15(9-25-20(14)28-13)17(22)16(21)10-24-18;5-3(6)1-2-4(7)8/h8-10,12,23,25H,3-7,11H2,1-2H3;1-2H2,(H,5,6)(H,7,8). The first-order chi connectivity index (χ1) is 17.2. The van der Waals surface area contributed by atoms with Crippen molar-refractivity contribution < 1.29 is 33.3 Å². The molecule has 4 N–H and O–H groups in total. The van der Waals surface area contributed by atoms with Crippen LogP contribution in [0.2, 0.25) is 0 Å². The summed E-state index contributed by atoms with van der Waals surface area (Å²) in [6.07, 6.45) is 3.73. The van der Waals surface area contributed by atoms with Crippen LogP contribution in [0.15, 0.2) is 12.3 Å². The number of thiophene rings is 1. The lowest BCUT2D eigenvalue weighted by molar-refractivity contribution is -0.143. The van der Waals surface area contributed by atoms with Crippen molar-refractivity contribution in [3.63, 3.8) is 0 Å². The highest BCUT2D eigenvalue weighted by Gasteiger charge is 2.27. The minimum absolute atomic E-state index is 0.170. The van der Waals surface area contributed by atoms with E-state index >= 15 is 0 Å². The second-order valence-electron chi connectivity index (χ2n) is 8.29. The van der Waals surface area contributed by atoms with Crippen molar-refractivity contribution in [2.24, 2.45) is 0 Å². The van der Waals surface area contributed by atoms with Crippen molar-refractivity contribution in [1.29, 1.82) is 0 Å². The Labute approximate surface area is 211 Å². The van der Waals surface area contributed by atoms with Crippen LogP contribution in [0.4, 0.5) is 13.8 Å². The number of rotatable bonds is 8. The highest BCUT2D eigenvalue weighted by Crippen LogP contribution is 2.35. The normalized spacial score (nSPS) is 16.5. The number of methoxy groups -OCH3 is 1. The number of ether oxygens (including phenoxy) is 1. The number of fused-ring (bicyclic) bond motifs is 2. The molecule has 2 aliphatic rings. The summed E-state index contributed by atoms with van der Waals surface area (Å²) in [5, 5.41) is 24.1. The Balaban J connectivity index is 0.000000392. The zero-order chi connectivity index (χ0) is 26.2. The summed E-state index contributed by atoms with van der Waals surface area (Å²) in [5.74, 6) is -3.96. The Morgan fingerprint density at radius 1 is 1.28 bits per heavy atom. The number of aliphatic carboxylic acids is 2. The van der Waals surface area contributed by atoms with E-state index in [1.165, 1.54) is 11.1 Å². The average molecular weight is 525 g/mol. The maximum absolute atomic E-state index is 14.6. The van der Waals surface area contributed by atoms with E-state index in [0.29, 0.717) is 12.0 Å². The molecule has 12 heteroatoms. The minimum Gasteiger partial charge on any atom is -0.481 e. The van der Waals surface area contributed by atoms with E-state index in [9.17, 15) is 18.4 Å². The monoisotopic (exact) mass is 524 g/mol. The van der Waals surface area contributed by atoms with Gasteiger partial charge in [0.2, 0.25) is 0 Å². The molecule has 196 valence electrons. The summed E-state index contributed by atoms with van der Waals surface area (Å²) in [7, 11) is 1.70. The van der Waals surface area contributed by atoms with Gasteiger partial charge in [-0.25, -0.2) is 8.78 Å². The van der Waals surface area contributed by atoms with Crippen LogP contribution >= 0.6 is 11.3 Å². The molecule has 0 bridgehead atoms. The van der Waals surface area contributed by atoms with E-state index < -0.39 is 23.6 Å². The SMILES string of the molecule is CCc1cc2c(s1)NC=c1c(F)c(F)cnc1=C2N1CCNC(CCOC)C1.O=C(O)CCC(=O)O. The highest BCUT2D eigenvalue weighted by atomic mass is 32.1. The van der Waals surface area contributed by atoms with Crippen molar-refractivity contribution in [2.75, 3.05) is 38.7 Å². The van der Waals surface area contributed by atoms with Gasteiger partial charge in [-0.2, -0.15) is 0 Å². The molecular formula is C24H30F2N4O5S. The summed E-state index contributed by atoms with van der Waals surface area (Å²) in [6, 6.07) is 2.41. The molecule has 1 unspecified atom stereocenters. The van der Waals surface area contributed by atoms with E-state index in [0.717, 1.165) is 54.9 Å². The first-order valence-electron chi connectivity index (χ1n) is 11.6. The molecule has 2 aromatic rings. The number of nitrogens with zero attached hydrogens (tertiary/aromatic N) is 2. The van der Waals surface area contributed by atoms with Crippen molar-refractivity contribution in [3.8, 4) is 0 Å². The van der Waals surface area contributed by atoms with Crippen molar-refractivity contribution in [2.45, 2.75) is 38.6 Å². The molecule has 0 radical (unpaired) electrons. The number of carboxylic acids is 2. The summed E-state index contributed by atoms with van der Waals surface area (Å²) < 4.78 is 33.7. The van der Waals surface area contributed by atoms with Crippen LogP contribution in [0.3, 0.4) is 0 Å². The summed E-state index contributed by atoms with van der Waals surface area (Å²) in [5.41, 5.74) is 1.87. The quantitative estimate of drug-likeness (QED) is 0.407. The van der Waals surface area contributed by atoms with Gasteiger partial charge in [0, 0.05) is 56.0 Å². The zero-order valence-electron chi connectivity index (χ0n) is 20.1. The molecule has 2 aromatic heterocycles. The third kappa shape index (κ3) is 6.77. The molecule has 0 aliphatic carbocycles. The summed E-state index contributed by atoms with van der Waals surface area (Å²) >= 11 is 1.64. The molecule has 4 heterocycles. The molecule has 4 rings (SSSR count). The average Bonchev–Trinajstić information content (AvgIpc) is 3.20. The lowest BCUT2D eigenvalue weighted by atomic mass is 10.1. The highest BCUT2D eigenvalue weighted by molar-refractivity contribution is 7.16. The van der Waals surface area contributed by atoms with Crippen LogP contribution in [0.1, 0.15) is 36.6 Å². The van der Waals surface area contributed by atoms with Crippen LogP contribution in [0.25, 0.3) is 11.9 Å². The van der Waals surface area contributed by atoms with E-state index in [4.69, 9.17) is 14.9 Å². The molecule has 1 saturated heterocycles. The lowest BCUT2D eigenvalue weighted by Gasteiger charge is -2.36. The van der Waals surface area contributed by atoms with E-state index in [1.807, 2.05) is 0 Å². The molecule has 0 spiro atoms. The Morgan fingerprint density at radius 2 is 2.00 bits per heavy atom. The maximum atomic E-state index is 14.6. The van der Waals surface area contributed by atoms with Gasteiger partial charge in [-0.1, -0.05) is 6.92 Å². The van der Waals surface area contributed by atoms with Gasteiger partial charge in [0.25, 0.3) is 0 Å². The van der Waals surface area contributed by atoms with Crippen molar-refractivity contribution in [1.82, 2.24) is 15.2 Å². The predicted molar refractivity (Wildman–Crippen MR) is 132 cm³/mol. The second-order valence-corrected chi connectivity index (χ2v) is 9.43. The number of pyridine rings is 1. The molecular weight excluding hydrogens is 494 g/mol. The lowest BCUT2D eigenvalue weighted by Crippen LogP contribution is -2.52. The molecule has 1 fully saturated rings. The first-order valence-corrected chi connectivity index (χ1v) is 12.4. The minimum atomic E-state index is -1.08. The van der Waals surface area contributed by atoms with Crippen LogP contribution in [0, 0.1) is 11.6 Å². The molecule has 0 saturated carbocycles. The molecule has 2 aliphatic heterocycles. The smallest absolute Gasteiger partial charge is 0.303 e. The third-order valence-electron chi connectivity index (χ3n) is 5.76. The fourth-order valence-electron chi connectivity index (χ4n) is 3.98. The van der Waals surface area contributed by atoms with Gasteiger partial charge in [0.1, 0.15) is 5.00 Å². The fraction of sp³-hybridized carbons (Fsp3) is 0.458. The number of aryl methyl sites for hydroxylation is 1. The molecule has 1 atom stereocenters. The maximum Gasteiger partial charge on any atom is 0.303 e. The predicted octanol–water partition coefficient (Wildman–Crippen LogP) is 1.55. The number of carbonyl (C=O) groups is 2. The van der Waals surface area contributed by atoms with Crippen LogP contribution < -0.4 is 21.2 Å². The number of nitrogens with one attached hydrogen (secondary N) is 2. The second kappa shape index (κ2) is 12.7. The van der Waals surface area contributed by atoms with Gasteiger partial charge in [-0.05, 0) is 18.9 Å². The number of anilines is 1. The van der Waals surface area contributed by atoms with Gasteiger partial charge in [-0.15, -0.1) is 11.3 Å². The van der Waals surface area contributed by atoms with Crippen LogP contribution in [-0.2, 0) is 20.7 Å². The fourth-order valence-corrected chi connectivity index (χ4v) is 4.95. The van der Waals surface area contributed by atoms with E-state index in [1.54, 1.807) is 18.4 Å². The Kier molecular flexibility index (Phi) is 9.73. The molecule has 36 heavy (non-hydrogen) atoms. The topological polar surface area (TPSA) is 124 Å². The van der Waals surface area contributed by atoms with Gasteiger partial charge in [-0.3, -0.25) is 14.6 Å². The van der Waals surface area contributed by atoms with Gasteiger partial charge in [0.05, 0.1) is 35.3 Å². The number of hydrogen-bond donors (Lipinski definition) is 4. The first kappa shape index (κ1) is 27.5. The van der Waals surface area contributed by atoms with Gasteiger partial charge >= 0.3 is 11.9 Å².